The highest BCUT2D eigenvalue weighted by molar-refractivity contribution is 5.84. The Morgan fingerprint density at radius 2 is 2.67 bits per heavy atom. The van der Waals surface area contributed by atoms with Crippen molar-refractivity contribution in [3.05, 3.63) is 12.7 Å². The molecule has 0 heterocycles. The van der Waals surface area contributed by atoms with Gasteiger partial charge in [-0.3, -0.25) is 4.79 Å². The summed E-state index contributed by atoms with van der Waals surface area (Å²) in [6.07, 6.45) is 2.20. The standard InChI is InChI=1S/C9H11NO2/c1-3-7-5-9(7,6-10)8(11)12-4-2/h3,7H,1,4-5H2,2H3. The van der Waals surface area contributed by atoms with Crippen LogP contribution in [0.4, 0.5) is 0 Å². The summed E-state index contributed by atoms with van der Waals surface area (Å²) in [4.78, 5) is 11.2. The molecule has 0 aromatic carbocycles. The molecule has 1 fully saturated rings. The Labute approximate surface area is 71.6 Å². The van der Waals surface area contributed by atoms with Crippen LogP contribution in [0, 0.1) is 22.7 Å². The Hall–Kier alpha value is -1.30. The first-order valence-electron chi connectivity index (χ1n) is 3.92. The molecular weight excluding hydrogens is 154 g/mol. The molecule has 64 valence electrons. The van der Waals surface area contributed by atoms with Gasteiger partial charge in [0.25, 0.3) is 0 Å². The highest BCUT2D eigenvalue weighted by atomic mass is 16.5. The van der Waals surface area contributed by atoms with Crippen LogP contribution in [0.1, 0.15) is 13.3 Å². The van der Waals surface area contributed by atoms with Crippen LogP contribution in [0.3, 0.4) is 0 Å². The van der Waals surface area contributed by atoms with Crippen LogP contribution in [-0.2, 0) is 9.53 Å². The fourth-order valence-electron chi connectivity index (χ4n) is 1.24. The maximum absolute atomic E-state index is 11.2. The van der Waals surface area contributed by atoms with Crippen molar-refractivity contribution in [2.24, 2.45) is 11.3 Å². The first-order chi connectivity index (χ1) is 5.71. The van der Waals surface area contributed by atoms with E-state index in [4.69, 9.17) is 10.00 Å². The summed E-state index contributed by atoms with van der Waals surface area (Å²) in [6, 6.07) is 1.99. The third-order valence-corrected chi connectivity index (χ3v) is 2.14. The van der Waals surface area contributed by atoms with Crippen molar-refractivity contribution < 1.29 is 9.53 Å². The van der Waals surface area contributed by atoms with E-state index in [1.54, 1.807) is 13.0 Å². The largest absolute Gasteiger partial charge is 0.465 e. The van der Waals surface area contributed by atoms with Gasteiger partial charge in [0.2, 0.25) is 0 Å². The summed E-state index contributed by atoms with van der Waals surface area (Å²) in [5.41, 5.74) is -0.905. The van der Waals surface area contributed by atoms with E-state index in [-0.39, 0.29) is 5.92 Å². The molecule has 1 aliphatic carbocycles. The Balaban J connectivity index is 2.67. The van der Waals surface area contributed by atoms with Crippen LogP contribution in [0.25, 0.3) is 0 Å². The normalized spacial score (nSPS) is 31.8. The van der Waals surface area contributed by atoms with Gasteiger partial charge in [0.05, 0.1) is 12.7 Å². The molecule has 2 unspecified atom stereocenters. The lowest BCUT2D eigenvalue weighted by Gasteiger charge is -2.05. The Bertz CT molecular complexity index is 254. The Kier molecular flexibility index (Phi) is 2.18. The molecule has 3 heteroatoms. The summed E-state index contributed by atoms with van der Waals surface area (Å²) < 4.78 is 4.78. The Morgan fingerprint density at radius 3 is 3.00 bits per heavy atom. The van der Waals surface area contributed by atoms with Gasteiger partial charge in [0.15, 0.2) is 5.41 Å². The molecule has 0 aromatic heterocycles. The molecule has 0 spiro atoms. The number of hydrogen-bond acceptors (Lipinski definition) is 3. The third kappa shape index (κ3) is 1.10. The predicted molar refractivity (Wildman–Crippen MR) is 43.0 cm³/mol. The average molecular weight is 165 g/mol. The van der Waals surface area contributed by atoms with Crippen LogP contribution < -0.4 is 0 Å². The first kappa shape index (κ1) is 8.79. The predicted octanol–water partition coefficient (Wildman–Crippen LogP) is 1.27. The van der Waals surface area contributed by atoms with Gasteiger partial charge in [0, 0.05) is 5.92 Å². The van der Waals surface area contributed by atoms with Gasteiger partial charge in [-0.25, -0.2) is 0 Å². The molecule has 12 heavy (non-hydrogen) atoms. The van der Waals surface area contributed by atoms with Crippen molar-refractivity contribution in [1.82, 2.24) is 0 Å². The highest BCUT2D eigenvalue weighted by Gasteiger charge is 2.60. The molecule has 3 nitrogen and oxygen atoms in total. The fraction of sp³-hybridized carbons (Fsp3) is 0.556. The number of nitrogens with zero attached hydrogens (tertiary/aromatic N) is 1. The summed E-state index contributed by atoms with van der Waals surface area (Å²) in [5.74, 6) is -0.418. The second-order valence-corrected chi connectivity index (χ2v) is 2.85. The van der Waals surface area contributed by atoms with E-state index in [2.05, 4.69) is 6.58 Å². The van der Waals surface area contributed by atoms with E-state index in [1.807, 2.05) is 6.07 Å². The number of ether oxygens (including phenoxy) is 1. The van der Waals surface area contributed by atoms with Crippen molar-refractivity contribution in [2.45, 2.75) is 13.3 Å². The molecule has 0 saturated heterocycles. The quantitative estimate of drug-likeness (QED) is 0.467. The van der Waals surface area contributed by atoms with Gasteiger partial charge in [0.1, 0.15) is 0 Å². The number of carbonyl (C=O) groups excluding carboxylic acids is 1. The molecule has 2 atom stereocenters. The summed E-state index contributed by atoms with van der Waals surface area (Å²) in [7, 11) is 0. The van der Waals surface area contributed by atoms with E-state index in [0.717, 1.165) is 0 Å². The lowest BCUT2D eigenvalue weighted by Crippen LogP contribution is -2.19. The molecule has 0 aromatic rings. The minimum Gasteiger partial charge on any atom is -0.465 e. The average Bonchev–Trinajstić information content (AvgIpc) is 2.80. The van der Waals surface area contributed by atoms with E-state index in [0.29, 0.717) is 13.0 Å². The van der Waals surface area contributed by atoms with Crippen LogP contribution in [0.5, 0.6) is 0 Å². The molecule has 0 aliphatic heterocycles. The summed E-state index contributed by atoms with van der Waals surface area (Å²) >= 11 is 0. The fourth-order valence-corrected chi connectivity index (χ4v) is 1.24. The van der Waals surface area contributed by atoms with Crippen molar-refractivity contribution in [2.75, 3.05) is 6.61 Å². The zero-order valence-corrected chi connectivity index (χ0v) is 7.04. The summed E-state index contributed by atoms with van der Waals surface area (Å²) in [5, 5.41) is 8.76. The Morgan fingerprint density at radius 1 is 2.00 bits per heavy atom. The van der Waals surface area contributed by atoms with Crippen molar-refractivity contribution in [1.29, 1.82) is 5.26 Å². The van der Waals surface area contributed by atoms with E-state index < -0.39 is 11.4 Å². The molecular formula is C9H11NO2. The minimum absolute atomic E-state index is 0.0125. The van der Waals surface area contributed by atoms with Gasteiger partial charge in [-0.2, -0.15) is 5.26 Å². The smallest absolute Gasteiger partial charge is 0.327 e. The van der Waals surface area contributed by atoms with Gasteiger partial charge in [-0.05, 0) is 13.3 Å². The lowest BCUT2D eigenvalue weighted by atomic mass is 10.1. The molecule has 1 saturated carbocycles. The molecule has 0 amide bonds. The van der Waals surface area contributed by atoms with Gasteiger partial charge < -0.3 is 4.74 Å². The lowest BCUT2D eigenvalue weighted by molar-refractivity contribution is -0.147. The topological polar surface area (TPSA) is 50.1 Å². The molecule has 0 N–H and O–H groups in total. The minimum atomic E-state index is -0.905. The molecule has 1 rings (SSSR count). The zero-order chi connectivity index (χ0) is 9.19. The number of hydrogen-bond donors (Lipinski definition) is 0. The van der Waals surface area contributed by atoms with Crippen molar-refractivity contribution in [3.8, 4) is 6.07 Å². The van der Waals surface area contributed by atoms with E-state index >= 15 is 0 Å². The van der Waals surface area contributed by atoms with Crippen molar-refractivity contribution in [3.63, 3.8) is 0 Å². The molecule has 1 aliphatic rings. The van der Waals surface area contributed by atoms with Crippen LogP contribution in [-0.4, -0.2) is 12.6 Å². The monoisotopic (exact) mass is 165 g/mol. The highest BCUT2D eigenvalue weighted by Crippen LogP contribution is 2.53. The second kappa shape index (κ2) is 2.98. The van der Waals surface area contributed by atoms with Crippen LogP contribution in [0.15, 0.2) is 12.7 Å². The number of nitriles is 1. The maximum Gasteiger partial charge on any atom is 0.327 e. The number of allylic oxidation sites excluding steroid dienone is 1. The number of esters is 1. The van der Waals surface area contributed by atoms with Gasteiger partial charge in [-0.1, -0.05) is 6.08 Å². The van der Waals surface area contributed by atoms with E-state index in [1.165, 1.54) is 0 Å². The van der Waals surface area contributed by atoms with Gasteiger partial charge in [-0.15, -0.1) is 6.58 Å². The maximum atomic E-state index is 11.2. The first-order valence-corrected chi connectivity index (χ1v) is 3.92. The SMILES string of the molecule is C=CC1CC1(C#N)C(=O)OCC. The summed E-state index contributed by atoms with van der Waals surface area (Å²) in [6.45, 7) is 5.61. The third-order valence-electron chi connectivity index (χ3n) is 2.14. The second-order valence-electron chi connectivity index (χ2n) is 2.85. The molecule has 0 radical (unpaired) electrons. The van der Waals surface area contributed by atoms with Gasteiger partial charge >= 0.3 is 5.97 Å². The number of rotatable bonds is 3. The zero-order valence-electron chi connectivity index (χ0n) is 7.04. The van der Waals surface area contributed by atoms with Crippen LogP contribution in [0.2, 0.25) is 0 Å². The van der Waals surface area contributed by atoms with Crippen molar-refractivity contribution >= 4 is 5.97 Å². The number of carbonyl (C=O) groups is 1. The van der Waals surface area contributed by atoms with E-state index in [9.17, 15) is 4.79 Å². The van der Waals surface area contributed by atoms with Crippen LogP contribution >= 0.6 is 0 Å². The molecule has 0 bridgehead atoms.